The number of hydrogen-bond acceptors (Lipinski definition) is 4. The lowest BCUT2D eigenvalue weighted by Gasteiger charge is -2.30. The first kappa shape index (κ1) is 14.9. The van der Waals surface area contributed by atoms with Crippen LogP contribution in [-0.4, -0.2) is 22.2 Å². The van der Waals surface area contributed by atoms with Crippen LogP contribution in [0.5, 0.6) is 0 Å². The number of ether oxygens (including phenoxy) is 1. The molecule has 1 saturated heterocycles. The number of aryl methyl sites for hydroxylation is 1. The summed E-state index contributed by atoms with van der Waals surface area (Å²) >= 11 is 1.82. The smallest absolute Gasteiger partial charge is 0.100 e. The van der Waals surface area contributed by atoms with Crippen molar-refractivity contribution in [2.75, 3.05) is 6.61 Å². The van der Waals surface area contributed by atoms with Crippen LogP contribution in [0.15, 0.2) is 42.2 Å². The Labute approximate surface area is 140 Å². The standard InChI is InChI=1S/C18H21N3OS/c1-21-12-19-10-16(21)17-8-14(6-7-22-17)20-9-13-11-23-18-5-3-2-4-15(13)18/h2-5,10-12,14,17,20H,6-9H2,1H3/t14-,17+/m1/s1. The number of imidazole rings is 1. The molecule has 3 heterocycles. The van der Waals surface area contributed by atoms with Gasteiger partial charge in [0.1, 0.15) is 6.10 Å². The maximum atomic E-state index is 5.94. The number of nitrogens with zero attached hydrogens (tertiary/aromatic N) is 2. The van der Waals surface area contributed by atoms with Gasteiger partial charge in [-0.3, -0.25) is 0 Å². The Morgan fingerprint density at radius 1 is 1.39 bits per heavy atom. The number of rotatable bonds is 4. The van der Waals surface area contributed by atoms with Crippen molar-refractivity contribution in [1.29, 1.82) is 0 Å². The molecule has 0 radical (unpaired) electrons. The van der Waals surface area contributed by atoms with Crippen molar-refractivity contribution in [3.63, 3.8) is 0 Å². The van der Waals surface area contributed by atoms with Crippen LogP contribution in [0, 0.1) is 0 Å². The van der Waals surface area contributed by atoms with E-state index in [1.165, 1.54) is 15.6 Å². The topological polar surface area (TPSA) is 39.1 Å². The highest BCUT2D eigenvalue weighted by Crippen LogP contribution is 2.29. The molecule has 0 aliphatic carbocycles. The van der Waals surface area contributed by atoms with E-state index in [1.54, 1.807) is 0 Å². The van der Waals surface area contributed by atoms with Crippen molar-refractivity contribution in [1.82, 2.24) is 14.9 Å². The van der Waals surface area contributed by atoms with Gasteiger partial charge in [0.05, 0.1) is 18.2 Å². The van der Waals surface area contributed by atoms with Crippen LogP contribution in [0.3, 0.4) is 0 Å². The molecular formula is C18H21N3OS. The summed E-state index contributed by atoms with van der Waals surface area (Å²) in [6, 6.07) is 9.11. The van der Waals surface area contributed by atoms with Crippen molar-refractivity contribution >= 4 is 21.4 Å². The molecule has 0 unspecified atom stereocenters. The zero-order valence-electron chi connectivity index (χ0n) is 13.2. The Kier molecular flexibility index (Phi) is 4.16. The van der Waals surface area contributed by atoms with Gasteiger partial charge in [-0.25, -0.2) is 4.98 Å². The van der Waals surface area contributed by atoms with Crippen molar-refractivity contribution in [2.24, 2.45) is 7.05 Å². The number of nitrogens with one attached hydrogen (secondary N) is 1. The molecule has 2 aromatic heterocycles. The van der Waals surface area contributed by atoms with E-state index in [0.717, 1.165) is 31.7 Å². The molecule has 1 aromatic carbocycles. The van der Waals surface area contributed by atoms with Crippen LogP contribution in [-0.2, 0) is 18.3 Å². The first-order valence-corrected chi connectivity index (χ1v) is 8.95. The Bertz CT molecular complexity index is 794. The number of aromatic nitrogens is 2. The monoisotopic (exact) mass is 327 g/mol. The minimum absolute atomic E-state index is 0.146. The molecule has 1 aliphatic heterocycles. The van der Waals surface area contributed by atoms with Gasteiger partial charge in [-0.2, -0.15) is 0 Å². The third kappa shape index (κ3) is 3.04. The quantitative estimate of drug-likeness (QED) is 0.795. The molecule has 4 rings (SSSR count). The molecule has 1 N–H and O–H groups in total. The minimum Gasteiger partial charge on any atom is -0.372 e. The number of hydrogen-bond donors (Lipinski definition) is 1. The molecule has 4 nitrogen and oxygen atoms in total. The fourth-order valence-electron chi connectivity index (χ4n) is 3.29. The van der Waals surface area contributed by atoms with E-state index in [9.17, 15) is 0 Å². The van der Waals surface area contributed by atoms with Crippen molar-refractivity contribution < 1.29 is 4.74 Å². The minimum atomic E-state index is 0.146. The van der Waals surface area contributed by atoms with Crippen LogP contribution in [0.2, 0.25) is 0 Å². The van der Waals surface area contributed by atoms with Gasteiger partial charge in [0, 0.05) is 30.9 Å². The molecular weight excluding hydrogens is 306 g/mol. The van der Waals surface area contributed by atoms with E-state index in [0.29, 0.717) is 6.04 Å². The second kappa shape index (κ2) is 6.43. The maximum Gasteiger partial charge on any atom is 0.100 e. The third-order valence-electron chi connectivity index (χ3n) is 4.61. The van der Waals surface area contributed by atoms with Crippen LogP contribution in [0.25, 0.3) is 10.1 Å². The summed E-state index contributed by atoms with van der Waals surface area (Å²) in [5.74, 6) is 0. The van der Waals surface area contributed by atoms with Gasteiger partial charge in [-0.05, 0) is 35.2 Å². The molecule has 3 aromatic rings. The largest absolute Gasteiger partial charge is 0.372 e. The predicted molar refractivity (Wildman–Crippen MR) is 93.6 cm³/mol. The second-order valence-corrected chi connectivity index (χ2v) is 7.06. The molecule has 5 heteroatoms. The normalized spacial score (nSPS) is 21.8. The molecule has 0 amide bonds. The Morgan fingerprint density at radius 2 is 2.30 bits per heavy atom. The molecule has 1 aliphatic rings. The number of benzene rings is 1. The lowest BCUT2D eigenvalue weighted by Crippen LogP contribution is -2.36. The zero-order chi connectivity index (χ0) is 15.6. The van der Waals surface area contributed by atoms with E-state index in [-0.39, 0.29) is 6.10 Å². The molecule has 23 heavy (non-hydrogen) atoms. The number of fused-ring (bicyclic) bond motifs is 1. The highest BCUT2D eigenvalue weighted by molar-refractivity contribution is 7.17. The van der Waals surface area contributed by atoms with E-state index >= 15 is 0 Å². The first-order valence-electron chi connectivity index (χ1n) is 8.07. The van der Waals surface area contributed by atoms with Gasteiger partial charge in [0.25, 0.3) is 0 Å². The van der Waals surface area contributed by atoms with Gasteiger partial charge in [-0.15, -0.1) is 11.3 Å². The summed E-state index contributed by atoms with van der Waals surface area (Å²) in [5, 5.41) is 7.37. The molecule has 0 spiro atoms. The van der Waals surface area contributed by atoms with Crippen LogP contribution in [0.1, 0.15) is 30.2 Å². The predicted octanol–water partition coefficient (Wildman–Crippen LogP) is 3.64. The van der Waals surface area contributed by atoms with Crippen molar-refractivity contribution in [3.8, 4) is 0 Å². The molecule has 120 valence electrons. The Hall–Kier alpha value is -1.69. The van der Waals surface area contributed by atoms with E-state index in [2.05, 4.69) is 44.5 Å². The average molecular weight is 327 g/mol. The fraction of sp³-hybridized carbons (Fsp3) is 0.389. The van der Waals surface area contributed by atoms with Gasteiger partial charge in [0.15, 0.2) is 0 Å². The van der Waals surface area contributed by atoms with Crippen LogP contribution >= 0.6 is 11.3 Å². The third-order valence-corrected chi connectivity index (χ3v) is 5.62. The summed E-state index contributed by atoms with van der Waals surface area (Å²) in [7, 11) is 2.03. The highest BCUT2D eigenvalue weighted by Gasteiger charge is 2.25. The van der Waals surface area contributed by atoms with E-state index in [4.69, 9.17) is 4.74 Å². The van der Waals surface area contributed by atoms with Crippen LogP contribution in [0.4, 0.5) is 0 Å². The van der Waals surface area contributed by atoms with Gasteiger partial charge in [0.2, 0.25) is 0 Å². The zero-order valence-corrected chi connectivity index (χ0v) is 14.1. The summed E-state index contributed by atoms with van der Waals surface area (Å²) in [6.07, 6.45) is 5.97. The maximum absolute atomic E-state index is 5.94. The molecule has 1 fully saturated rings. The molecule has 0 saturated carbocycles. The Balaban J connectivity index is 1.42. The SMILES string of the molecule is Cn1cncc1[C@@H]1C[C@H](NCc2csc3ccccc23)CCO1. The van der Waals surface area contributed by atoms with Gasteiger partial charge in [-0.1, -0.05) is 18.2 Å². The molecule has 2 atom stereocenters. The van der Waals surface area contributed by atoms with Crippen LogP contribution < -0.4 is 5.32 Å². The van der Waals surface area contributed by atoms with Crippen molar-refractivity contribution in [3.05, 3.63) is 53.4 Å². The van der Waals surface area contributed by atoms with Crippen molar-refractivity contribution in [2.45, 2.75) is 31.5 Å². The highest BCUT2D eigenvalue weighted by atomic mass is 32.1. The fourth-order valence-corrected chi connectivity index (χ4v) is 4.25. The summed E-state index contributed by atoms with van der Waals surface area (Å²) < 4.78 is 9.36. The lowest BCUT2D eigenvalue weighted by atomic mass is 10.0. The van der Waals surface area contributed by atoms with E-state index < -0.39 is 0 Å². The summed E-state index contributed by atoms with van der Waals surface area (Å²) in [4.78, 5) is 4.21. The summed E-state index contributed by atoms with van der Waals surface area (Å²) in [6.45, 7) is 1.73. The van der Waals surface area contributed by atoms with E-state index in [1.807, 2.05) is 30.9 Å². The second-order valence-electron chi connectivity index (χ2n) is 6.15. The summed E-state index contributed by atoms with van der Waals surface area (Å²) in [5.41, 5.74) is 2.56. The Morgan fingerprint density at radius 3 is 3.17 bits per heavy atom. The van der Waals surface area contributed by atoms with Gasteiger partial charge >= 0.3 is 0 Å². The lowest BCUT2D eigenvalue weighted by molar-refractivity contribution is -0.00402. The average Bonchev–Trinajstić information content (AvgIpc) is 3.19. The first-order chi connectivity index (χ1) is 11.3. The molecule has 0 bridgehead atoms. The van der Waals surface area contributed by atoms with Gasteiger partial charge < -0.3 is 14.6 Å². The number of thiophene rings is 1.